The van der Waals surface area contributed by atoms with Gasteiger partial charge in [-0.15, -0.1) is 0 Å². The van der Waals surface area contributed by atoms with Crippen molar-refractivity contribution in [2.24, 2.45) is 0 Å². The Labute approximate surface area is 131 Å². The van der Waals surface area contributed by atoms with Crippen LogP contribution in [-0.2, 0) is 4.74 Å². The Hall–Kier alpha value is -2.34. The van der Waals surface area contributed by atoms with Crippen LogP contribution in [0.2, 0.25) is 5.02 Å². The molecule has 0 saturated carbocycles. The largest absolute Gasteiger partial charge is 0.449 e. The van der Waals surface area contributed by atoms with Gasteiger partial charge in [0.15, 0.2) is 0 Å². The third kappa shape index (κ3) is 3.85. The summed E-state index contributed by atoms with van der Waals surface area (Å²) in [6, 6.07) is 5.97. The number of carbonyl (C=O) groups excluding carboxylic acids is 2. The van der Waals surface area contributed by atoms with Gasteiger partial charge in [0.1, 0.15) is 11.1 Å². The number of fused-ring (bicyclic) bond motifs is 1. The van der Waals surface area contributed by atoms with E-state index in [1.807, 2.05) is 12.2 Å². The first-order valence-electron chi connectivity index (χ1n) is 6.72. The van der Waals surface area contributed by atoms with E-state index >= 15 is 0 Å². The average Bonchev–Trinajstić information content (AvgIpc) is 2.47. The number of hydrogen-bond donors (Lipinski definition) is 1. The van der Waals surface area contributed by atoms with Crippen molar-refractivity contribution in [3.8, 4) is 0 Å². The van der Waals surface area contributed by atoms with Crippen LogP contribution in [0, 0.1) is 0 Å². The molecule has 116 valence electrons. The number of alkyl carbamates (subject to hydrolysis) is 1. The number of unbranched alkanes of at least 4 members (excludes halogenated alkanes) is 1. The van der Waals surface area contributed by atoms with E-state index in [9.17, 15) is 14.4 Å². The van der Waals surface area contributed by atoms with Gasteiger partial charge in [0, 0.05) is 10.4 Å². The van der Waals surface area contributed by atoms with E-state index in [1.165, 1.54) is 12.1 Å². The van der Waals surface area contributed by atoms with E-state index in [4.69, 9.17) is 20.8 Å². The summed E-state index contributed by atoms with van der Waals surface area (Å²) in [5.74, 6) is -0.878. The van der Waals surface area contributed by atoms with E-state index in [-0.39, 0.29) is 12.2 Å². The molecule has 0 aliphatic carbocycles. The molecule has 6 nitrogen and oxygen atoms in total. The van der Waals surface area contributed by atoms with Crippen LogP contribution >= 0.6 is 11.6 Å². The number of rotatable bonds is 4. The summed E-state index contributed by atoms with van der Waals surface area (Å²) in [4.78, 5) is 35.1. The van der Waals surface area contributed by atoms with E-state index < -0.39 is 17.6 Å². The van der Waals surface area contributed by atoms with Gasteiger partial charge < -0.3 is 9.15 Å². The number of carbonyl (C=O) groups is 2. The molecule has 1 aromatic carbocycles. The monoisotopic (exact) mass is 323 g/mol. The number of halogens is 1. The Kier molecular flexibility index (Phi) is 5.16. The van der Waals surface area contributed by atoms with Crippen LogP contribution < -0.4 is 10.9 Å². The molecule has 1 heterocycles. The lowest BCUT2D eigenvalue weighted by Gasteiger charge is -2.05. The molecule has 22 heavy (non-hydrogen) atoms. The van der Waals surface area contributed by atoms with Gasteiger partial charge in [-0.1, -0.05) is 24.9 Å². The van der Waals surface area contributed by atoms with Crippen LogP contribution in [0.4, 0.5) is 4.79 Å². The molecule has 0 unspecified atom stereocenters. The number of nitrogens with one attached hydrogen (secondary N) is 1. The number of amides is 2. The lowest BCUT2D eigenvalue weighted by molar-refractivity contribution is 0.0915. The average molecular weight is 324 g/mol. The molecule has 1 N–H and O–H groups in total. The summed E-state index contributed by atoms with van der Waals surface area (Å²) in [7, 11) is 0. The number of imide groups is 1. The van der Waals surface area contributed by atoms with E-state index in [0.29, 0.717) is 22.4 Å². The standard InChI is InChI=1S/C15H14ClNO5/c1-2-3-6-21-15(20)17-13(18)11-8-9-7-10(16)4-5-12(9)22-14(11)19/h4-5,7-8H,2-3,6H2,1H3,(H,17,18,20). The Morgan fingerprint density at radius 1 is 1.32 bits per heavy atom. The molecule has 0 spiro atoms. The minimum Gasteiger partial charge on any atom is -0.449 e. The molecular formula is C15H14ClNO5. The van der Waals surface area contributed by atoms with Crippen LogP contribution in [0.1, 0.15) is 30.1 Å². The maximum atomic E-state index is 11.9. The molecule has 7 heteroatoms. The van der Waals surface area contributed by atoms with Crippen LogP contribution in [0.3, 0.4) is 0 Å². The highest BCUT2D eigenvalue weighted by molar-refractivity contribution is 6.31. The van der Waals surface area contributed by atoms with E-state index in [1.54, 1.807) is 12.1 Å². The summed E-state index contributed by atoms with van der Waals surface area (Å²) < 4.78 is 9.82. The van der Waals surface area contributed by atoms with Crippen molar-refractivity contribution < 1.29 is 18.7 Å². The quantitative estimate of drug-likeness (QED) is 0.690. The molecule has 0 bridgehead atoms. The van der Waals surface area contributed by atoms with Crippen molar-refractivity contribution in [3.63, 3.8) is 0 Å². The molecule has 0 saturated heterocycles. The van der Waals surface area contributed by atoms with Gasteiger partial charge in [-0.2, -0.15) is 0 Å². The summed E-state index contributed by atoms with van der Waals surface area (Å²) in [6.07, 6.45) is 0.651. The first-order valence-corrected chi connectivity index (χ1v) is 7.10. The Bertz CT molecular complexity index is 768. The second-order valence-electron chi connectivity index (χ2n) is 4.57. The van der Waals surface area contributed by atoms with Gasteiger partial charge >= 0.3 is 11.7 Å². The molecular weight excluding hydrogens is 310 g/mol. The minimum absolute atomic E-state index is 0.206. The summed E-state index contributed by atoms with van der Waals surface area (Å²) in [5, 5.41) is 2.90. The van der Waals surface area contributed by atoms with Crippen LogP contribution in [-0.4, -0.2) is 18.6 Å². The molecule has 2 rings (SSSR count). The second-order valence-corrected chi connectivity index (χ2v) is 5.01. The molecule has 0 aliphatic heterocycles. The maximum Gasteiger partial charge on any atom is 0.414 e. The van der Waals surface area contributed by atoms with Crippen molar-refractivity contribution in [3.05, 3.63) is 45.3 Å². The Morgan fingerprint density at radius 2 is 2.09 bits per heavy atom. The van der Waals surface area contributed by atoms with Gasteiger partial charge in [0.25, 0.3) is 5.91 Å². The SMILES string of the molecule is CCCCOC(=O)NC(=O)c1cc2cc(Cl)ccc2oc1=O. The number of benzene rings is 1. The molecule has 2 aromatic rings. The van der Waals surface area contributed by atoms with E-state index in [2.05, 4.69) is 0 Å². The van der Waals surface area contributed by atoms with Crippen LogP contribution in [0.25, 0.3) is 11.0 Å². The molecule has 0 aliphatic rings. The fourth-order valence-corrected chi connectivity index (χ4v) is 1.94. The van der Waals surface area contributed by atoms with Gasteiger partial charge in [-0.3, -0.25) is 10.1 Å². The summed E-state index contributed by atoms with van der Waals surface area (Å²) >= 11 is 5.85. The molecule has 2 amide bonds. The molecule has 0 radical (unpaired) electrons. The summed E-state index contributed by atoms with van der Waals surface area (Å²) in [6.45, 7) is 2.15. The second kappa shape index (κ2) is 7.09. The van der Waals surface area contributed by atoms with Crippen molar-refractivity contribution >= 4 is 34.6 Å². The zero-order valence-electron chi connectivity index (χ0n) is 11.8. The first-order chi connectivity index (χ1) is 10.5. The zero-order chi connectivity index (χ0) is 16.1. The number of hydrogen-bond acceptors (Lipinski definition) is 5. The topological polar surface area (TPSA) is 85.6 Å². The molecule has 0 atom stereocenters. The van der Waals surface area contributed by atoms with Crippen LogP contribution in [0.5, 0.6) is 0 Å². The first kappa shape index (κ1) is 16.0. The number of ether oxygens (including phenoxy) is 1. The van der Waals surface area contributed by atoms with Gasteiger partial charge in [0.05, 0.1) is 6.61 Å². The third-order valence-corrected chi connectivity index (χ3v) is 3.12. The van der Waals surface area contributed by atoms with Crippen molar-refractivity contribution in [1.29, 1.82) is 0 Å². The Balaban J connectivity index is 2.19. The third-order valence-electron chi connectivity index (χ3n) is 2.89. The minimum atomic E-state index is -0.899. The predicted molar refractivity (Wildman–Crippen MR) is 81.2 cm³/mol. The smallest absolute Gasteiger partial charge is 0.414 e. The van der Waals surface area contributed by atoms with Crippen molar-refractivity contribution in [2.45, 2.75) is 19.8 Å². The lowest BCUT2D eigenvalue weighted by atomic mass is 10.2. The van der Waals surface area contributed by atoms with Gasteiger partial charge in [-0.25, -0.2) is 9.59 Å². The molecule has 1 aromatic heterocycles. The Morgan fingerprint density at radius 3 is 2.82 bits per heavy atom. The highest BCUT2D eigenvalue weighted by Crippen LogP contribution is 2.18. The zero-order valence-corrected chi connectivity index (χ0v) is 12.6. The fraction of sp³-hybridized carbons (Fsp3) is 0.267. The lowest BCUT2D eigenvalue weighted by Crippen LogP contribution is -2.34. The van der Waals surface area contributed by atoms with Crippen LogP contribution in [0.15, 0.2) is 33.5 Å². The van der Waals surface area contributed by atoms with Crippen molar-refractivity contribution in [2.75, 3.05) is 6.61 Å². The summed E-state index contributed by atoms with van der Waals surface area (Å²) in [5.41, 5.74) is -0.827. The normalized spacial score (nSPS) is 10.5. The predicted octanol–water partition coefficient (Wildman–Crippen LogP) is 3.11. The molecule has 0 fully saturated rings. The van der Waals surface area contributed by atoms with Gasteiger partial charge in [0.2, 0.25) is 0 Å². The van der Waals surface area contributed by atoms with Gasteiger partial charge in [-0.05, 0) is 30.7 Å². The van der Waals surface area contributed by atoms with Crippen molar-refractivity contribution in [1.82, 2.24) is 5.32 Å². The highest BCUT2D eigenvalue weighted by atomic mass is 35.5. The maximum absolute atomic E-state index is 11.9. The fourth-order valence-electron chi connectivity index (χ4n) is 1.76. The highest BCUT2D eigenvalue weighted by Gasteiger charge is 2.17. The van der Waals surface area contributed by atoms with E-state index in [0.717, 1.165) is 6.42 Å².